The number of hydrogen-bond acceptors (Lipinski definition) is 8. The molecular formula is C28H29N5O3. The van der Waals surface area contributed by atoms with E-state index in [1.165, 1.54) is 12.8 Å². The van der Waals surface area contributed by atoms with E-state index >= 15 is 0 Å². The van der Waals surface area contributed by atoms with E-state index in [-0.39, 0.29) is 11.6 Å². The van der Waals surface area contributed by atoms with E-state index < -0.39 is 5.60 Å². The average molecular weight is 484 g/mol. The van der Waals surface area contributed by atoms with Gasteiger partial charge in [0.15, 0.2) is 0 Å². The van der Waals surface area contributed by atoms with Crippen molar-refractivity contribution in [2.24, 2.45) is 17.8 Å². The number of anilines is 1. The Morgan fingerprint density at radius 3 is 2.75 bits per heavy atom. The summed E-state index contributed by atoms with van der Waals surface area (Å²) in [7, 11) is 0. The standard InChI is InChI=1S/C28H29N5O3/c34-23(5-4-16-6-8-29-9-7-16)26-32-27(36-33-26)21-15-30-22-3-1-2-20(22)25(21)31-24-18-10-17-11-19(24)14-28(35,12-17)13-18/h1-2,6-9,15,17-19,24,35H,3-5,10-14H2,(H,30,31)/t17?,18-,19+,24?,28?. The molecule has 4 bridgehead atoms. The van der Waals surface area contributed by atoms with Crippen molar-refractivity contribution < 1.29 is 14.4 Å². The van der Waals surface area contributed by atoms with Crippen molar-refractivity contribution in [1.29, 1.82) is 0 Å². The third kappa shape index (κ3) is 3.75. The Hall–Kier alpha value is -3.39. The zero-order valence-electron chi connectivity index (χ0n) is 20.1. The van der Waals surface area contributed by atoms with Crippen molar-refractivity contribution in [3.8, 4) is 11.5 Å². The lowest BCUT2D eigenvalue weighted by Crippen LogP contribution is -2.59. The smallest absolute Gasteiger partial charge is 0.262 e. The van der Waals surface area contributed by atoms with Gasteiger partial charge in [0.05, 0.1) is 22.5 Å². The molecule has 0 aromatic carbocycles. The summed E-state index contributed by atoms with van der Waals surface area (Å²) < 4.78 is 5.61. The predicted octanol–water partition coefficient (Wildman–Crippen LogP) is 4.26. The second-order valence-corrected chi connectivity index (χ2v) is 11.1. The van der Waals surface area contributed by atoms with Gasteiger partial charge in [-0.1, -0.05) is 17.3 Å². The molecule has 0 aliphatic heterocycles. The molecule has 3 unspecified atom stereocenters. The number of Topliss-reactive ketones (excluding diaryl/α,β-unsaturated/α-hetero) is 1. The highest BCUT2D eigenvalue weighted by molar-refractivity contribution is 5.93. The van der Waals surface area contributed by atoms with Crippen LogP contribution in [0.25, 0.3) is 17.5 Å². The number of nitrogens with zero attached hydrogens (tertiary/aromatic N) is 4. The Bertz CT molecular complexity index is 1330. The first kappa shape index (κ1) is 21.9. The van der Waals surface area contributed by atoms with Gasteiger partial charge >= 0.3 is 0 Å². The number of aryl methyl sites for hydroxylation is 1. The van der Waals surface area contributed by atoms with Gasteiger partial charge in [-0.25, -0.2) is 0 Å². The summed E-state index contributed by atoms with van der Waals surface area (Å²) in [5.74, 6) is 1.80. The lowest BCUT2D eigenvalue weighted by molar-refractivity contribution is -0.129. The number of aromatic nitrogens is 4. The lowest BCUT2D eigenvalue weighted by atomic mass is 9.52. The molecule has 36 heavy (non-hydrogen) atoms. The summed E-state index contributed by atoms with van der Waals surface area (Å²) in [6.45, 7) is 0. The first-order valence-corrected chi connectivity index (χ1v) is 13.0. The molecule has 8 heteroatoms. The number of carbonyl (C=O) groups excluding carboxylic acids is 1. The molecule has 0 saturated heterocycles. The monoisotopic (exact) mass is 483 g/mol. The summed E-state index contributed by atoms with van der Waals surface area (Å²) in [6.07, 6.45) is 16.2. The zero-order valence-corrected chi connectivity index (χ0v) is 20.1. The van der Waals surface area contributed by atoms with Crippen LogP contribution >= 0.6 is 0 Å². The molecule has 5 atom stereocenters. The number of carbonyl (C=O) groups is 1. The Balaban J connectivity index is 1.16. The maximum absolute atomic E-state index is 12.8. The minimum absolute atomic E-state index is 0.0953. The first-order chi connectivity index (χ1) is 17.5. The van der Waals surface area contributed by atoms with Crippen LogP contribution in [0.15, 0.2) is 41.3 Å². The number of allylic oxidation sites excluding steroid dienone is 1. The van der Waals surface area contributed by atoms with Gasteiger partial charge in [0, 0.05) is 43.0 Å². The summed E-state index contributed by atoms with van der Waals surface area (Å²) >= 11 is 0. The number of ketones is 1. The van der Waals surface area contributed by atoms with E-state index in [4.69, 9.17) is 4.52 Å². The Kier molecular flexibility index (Phi) is 5.06. The van der Waals surface area contributed by atoms with Gasteiger partial charge in [0.25, 0.3) is 5.89 Å². The van der Waals surface area contributed by atoms with E-state index in [1.807, 2.05) is 12.1 Å². The zero-order chi connectivity index (χ0) is 24.3. The summed E-state index contributed by atoms with van der Waals surface area (Å²) in [5.41, 5.74) is 4.34. The molecule has 5 aliphatic carbocycles. The largest absolute Gasteiger partial charge is 0.390 e. The van der Waals surface area contributed by atoms with Crippen LogP contribution in [0.4, 0.5) is 5.69 Å². The molecule has 8 nitrogen and oxygen atoms in total. The minimum atomic E-state index is -0.477. The fraction of sp³-hybridized carbons (Fsp3) is 0.464. The fourth-order valence-electron chi connectivity index (χ4n) is 7.26. The molecule has 8 rings (SSSR count). The van der Waals surface area contributed by atoms with Gasteiger partial charge in [-0.2, -0.15) is 4.98 Å². The number of fused-ring (bicyclic) bond motifs is 1. The maximum atomic E-state index is 12.8. The summed E-state index contributed by atoms with van der Waals surface area (Å²) in [6, 6.07) is 4.10. The van der Waals surface area contributed by atoms with Crippen LogP contribution in [0.1, 0.15) is 66.0 Å². The van der Waals surface area contributed by atoms with Crippen LogP contribution in [0.2, 0.25) is 0 Å². The molecule has 0 spiro atoms. The predicted molar refractivity (Wildman–Crippen MR) is 133 cm³/mol. The summed E-state index contributed by atoms with van der Waals surface area (Å²) in [5, 5.41) is 18.9. The SMILES string of the molecule is O=C(CCc1ccncc1)c1noc(-c2cnc3c(c2NC2[C@@H]4CC5C[C@H]2CC(O)(C5)C4)C=CC3)n1. The van der Waals surface area contributed by atoms with Gasteiger partial charge in [0.1, 0.15) is 0 Å². The van der Waals surface area contributed by atoms with Crippen molar-refractivity contribution in [1.82, 2.24) is 20.1 Å². The molecule has 2 N–H and O–H groups in total. The fourth-order valence-corrected chi connectivity index (χ4v) is 7.26. The van der Waals surface area contributed by atoms with E-state index in [2.05, 4.69) is 37.6 Å². The highest BCUT2D eigenvalue weighted by Crippen LogP contribution is 2.56. The topological polar surface area (TPSA) is 114 Å². The number of aliphatic hydroxyl groups is 1. The van der Waals surface area contributed by atoms with Gasteiger partial charge in [-0.3, -0.25) is 14.8 Å². The second-order valence-electron chi connectivity index (χ2n) is 11.1. The molecular weight excluding hydrogens is 454 g/mol. The van der Waals surface area contributed by atoms with E-state index in [9.17, 15) is 9.90 Å². The van der Waals surface area contributed by atoms with Gasteiger partial charge in [0.2, 0.25) is 11.6 Å². The van der Waals surface area contributed by atoms with Crippen LogP contribution in [0, 0.1) is 17.8 Å². The number of nitrogens with one attached hydrogen (secondary N) is 1. The molecule has 0 radical (unpaired) electrons. The molecule has 4 fully saturated rings. The Morgan fingerprint density at radius 2 is 1.97 bits per heavy atom. The Labute approximate surface area is 209 Å². The quantitative estimate of drug-likeness (QED) is 0.479. The molecule has 5 aliphatic rings. The van der Waals surface area contributed by atoms with Crippen LogP contribution in [0.5, 0.6) is 0 Å². The molecule has 4 saturated carbocycles. The maximum Gasteiger partial charge on any atom is 0.262 e. The van der Waals surface area contributed by atoms with Gasteiger partial charge < -0.3 is 14.9 Å². The molecule has 3 aromatic rings. The van der Waals surface area contributed by atoms with Crippen LogP contribution in [-0.4, -0.2) is 42.6 Å². The second kappa shape index (κ2) is 8.34. The molecule has 3 heterocycles. The van der Waals surface area contributed by atoms with Crippen molar-refractivity contribution in [2.75, 3.05) is 5.32 Å². The number of hydrogen-bond donors (Lipinski definition) is 2. The normalized spacial score (nSPS) is 29.5. The number of pyridine rings is 2. The van der Waals surface area contributed by atoms with E-state index in [1.54, 1.807) is 18.6 Å². The highest BCUT2D eigenvalue weighted by atomic mass is 16.5. The van der Waals surface area contributed by atoms with Gasteiger partial charge in [-0.15, -0.1) is 0 Å². The molecule has 0 amide bonds. The van der Waals surface area contributed by atoms with E-state index in [0.29, 0.717) is 42.5 Å². The van der Waals surface area contributed by atoms with Crippen LogP contribution < -0.4 is 5.32 Å². The third-order valence-electron chi connectivity index (χ3n) is 8.64. The first-order valence-electron chi connectivity index (χ1n) is 13.0. The lowest BCUT2D eigenvalue weighted by Gasteiger charge is -2.58. The Morgan fingerprint density at radius 1 is 1.17 bits per heavy atom. The van der Waals surface area contributed by atoms with Crippen molar-refractivity contribution >= 4 is 17.5 Å². The van der Waals surface area contributed by atoms with E-state index in [0.717, 1.165) is 53.8 Å². The van der Waals surface area contributed by atoms with Crippen LogP contribution in [-0.2, 0) is 12.8 Å². The highest BCUT2D eigenvalue weighted by Gasteiger charge is 2.54. The summed E-state index contributed by atoms with van der Waals surface area (Å²) in [4.78, 5) is 25.9. The molecule has 3 aromatic heterocycles. The van der Waals surface area contributed by atoms with Crippen molar-refractivity contribution in [2.45, 2.75) is 63.0 Å². The van der Waals surface area contributed by atoms with Gasteiger partial charge in [-0.05, 0) is 74.0 Å². The third-order valence-corrected chi connectivity index (χ3v) is 8.64. The van der Waals surface area contributed by atoms with Crippen LogP contribution in [0.3, 0.4) is 0 Å². The minimum Gasteiger partial charge on any atom is -0.390 e. The molecule has 184 valence electrons. The number of rotatable bonds is 7. The van der Waals surface area contributed by atoms with Crippen molar-refractivity contribution in [3.63, 3.8) is 0 Å². The van der Waals surface area contributed by atoms with Crippen molar-refractivity contribution in [3.05, 3.63) is 59.4 Å². The average Bonchev–Trinajstić information content (AvgIpc) is 3.54.